The maximum Gasteiger partial charge on any atom is 0.277 e. The highest BCUT2D eigenvalue weighted by Gasteiger charge is 2.35. The predicted octanol–water partition coefficient (Wildman–Crippen LogP) is 2.89. The van der Waals surface area contributed by atoms with E-state index in [1.54, 1.807) is 4.52 Å². The van der Waals surface area contributed by atoms with Crippen LogP contribution in [0.4, 0.5) is 0 Å². The number of aromatic nitrogens is 3. The minimum absolute atomic E-state index is 0.00823. The third-order valence-electron chi connectivity index (χ3n) is 6.31. The number of fused-ring (bicyclic) bond motifs is 2. The van der Waals surface area contributed by atoms with E-state index in [0.29, 0.717) is 18.2 Å². The van der Waals surface area contributed by atoms with Crippen molar-refractivity contribution in [2.24, 2.45) is 5.41 Å². The van der Waals surface area contributed by atoms with E-state index in [4.69, 9.17) is 4.98 Å². The smallest absolute Gasteiger partial charge is 0.277 e. The number of rotatable bonds is 2. The second-order valence-corrected chi connectivity index (χ2v) is 9.82. The summed E-state index contributed by atoms with van der Waals surface area (Å²) < 4.78 is 1.58. The highest BCUT2D eigenvalue weighted by atomic mass is 16.2. The lowest BCUT2D eigenvalue weighted by Gasteiger charge is -2.38. The van der Waals surface area contributed by atoms with Crippen molar-refractivity contribution in [1.29, 1.82) is 0 Å². The number of piperidine rings is 1. The topological polar surface area (TPSA) is 73.7 Å². The average Bonchev–Trinajstić information content (AvgIpc) is 3.10. The van der Waals surface area contributed by atoms with Crippen molar-refractivity contribution in [3.8, 4) is 0 Å². The van der Waals surface area contributed by atoms with Gasteiger partial charge in [0, 0.05) is 43.6 Å². The van der Waals surface area contributed by atoms with Gasteiger partial charge in [-0.25, -0.2) is 9.50 Å². The van der Waals surface area contributed by atoms with E-state index >= 15 is 0 Å². The van der Waals surface area contributed by atoms with E-state index in [1.807, 2.05) is 31.7 Å². The molecule has 2 aliphatic rings. The van der Waals surface area contributed by atoms with Crippen LogP contribution in [0.15, 0.2) is 10.9 Å². The lowest BCUT2D eigenvalue weighted by Crippen LogP contribution is -2.44. The van der Waals surface area contributed by atoms with Gasteiger partial charge in [-0.15, -0.1) is 0 Å². The number of nitrogens with zero attached hydrogens (tertiary/aromatic N) is 4. The number of carbonyl (C=O) groups is 1. The normalized spacial score (nSPS) is 21.0. The van der Waals surface area contributed by atoms with Crippen molar-refractivity contribution < 1.29 is 4.79 Å². The summed E-state index contributed by atoms with van der Waals surface area (Å²) >= 11 is 0. The molecule has 4 heterocycles. The third-order valence-corrected chi connectivity index (χ3v) is 6.31. The molecule has 0 bridgehead atoms. The van der Waals surface area contributed by atoms with Gasteiger partial charge in [-0.1, -0.05) is 20.8 Å². The van der Waals surface area contributed by atoms with Crippen molar-refractivity contribution in [1.82, 2.24) is 24.4 Å². The summed E-state index contributed by atoms with van der Waals surface area (Å²) in [5.74, 6) is 0.160. The van der Waals surface area contributed by atoms with Gasteiger partial charge in [0.05, 0.1) is 23.0 Å². The van der Waals surface area contributed by atoms with Crippen LogP contribution < -0.4 is 5.56 Å². The fraction of sp³-hybridized carbons (Fsp3) is 0.682. The molecule has 0 saturated carbocycles. The zero-order chi connectivity index (χ0) is 20.9. The summed E-state index contributed by atoms with van der Waals surface area (Å²) in [4.78, 5) is 35.3. The average molecular weight is 400 g/mol. The van der Waals surface area contributed by atoms with Crippen LogP contribution in [0.1, 0.15) is 76.9 Å². The van der Waals surface area contributed by atoms with Crippen molar-refractivity contribution in [3.63, 3.8) is 0 Å². The van der Waals surface area contributed by atoms with Crippen LogP contribution in [0, 0.1) is 5.41 Å². The van der Waals surface area contributed by atoms with Crippen molar-refractivity contribution in [3.05, 3.63) is 33.4 Å². The van der Waals surface area contributed by atoms with Crippen LogP contribution >= 0.6 is 0 Å². The SMILES string of the molecule is CC(C)N1CCc2nc3cc([C@@H]4CCCCN4C(=O)C(C)(C)C)[nH]n3c(=O)c2C1. The van der Waals surface area contributed by atoms with Gasteiger partial charge >= 0.3 is 0 Å². The first-order valence-corrected chi connectivity index (χ1v) is 10.9. The first-order chi connectivity index (χ1) is 13.7. The minimum atomic E-state index is -0.421. The summed E-state index contributed by atoms with van der Waals surface area (Å²) in [6.07, 6.45) is 3.81. The molecule has 0 unspecified atom stereocenters. The third kappa shape index (κ3) is 3.61. The molecule has 2 aromatic heterocycles. The quantitative estimate of drug-likeness (QED) is 0.843. The zero-order valence-corrected chi connectivity index (χ0v) is 18.3. The molecule has 29 heavy (non-hydrogen) atoms. The Balaban J connectivity index is 1.73. The Morgan fingerprint density at radius 1 is 1.24 bits per heavy atom. The molecule has 1 saturated heterocycles. The second-order valence-electron chi connectivity index (χ2n) is 9.82. The van der Waals surface area contributed by atoms with Crippen LogP contribution in [0.3, 0.4) is 0 Å². The number of nitrogens with one attached hydrogen (secondary N) is 1. The highest BCUT2D eigenvalue weighted by Crippen LogP contribution is 2.34. The molecule has 7 nitrogen and oxygen atoms in total. The standard InChI is InChI=1S/C22H33N5O2/c1-14(2)25-11-9-16-15(13-25)20(28)27-19(23-16)12-17(24-27)18-8-6-7-10-26(18)21(29)22(3,4)5/h12,14,18,24H,6-11,13H2,1-5H3/t18-/m0/s1. The molecule has 0 radical (unpaired) electrons. The number of hydrogen-bond acceptors (Lipinski definition) is 4. The van der Waals surface area contributed by atoms with Crippen LogP contribution in [-0.2, 0) is 17.8 Å². The van der Waals surface area contributed by atoms with Gasteiger partial charge in [-0.2, -0.15) is 0 Å². The van der Waals surface area contributed by atoms with E-state index in [1.165, 1.54) is 0 Å². The van der Waals surface area contributed by atoms with Crippen LogP contribution in [0.2, 0.25) is 0 Å². The largest absolute Gasteiger partial charge is 0.334 e. The summed E-state index contributed by atoms with van der Waals surface area (Å²) in [6, 6.07) is 2.34. The summed E-state index contributed by atoms with van der Waals surface area (Å²) in [5.41, 5.74) is 2.86. The summed E-state index contributed by atoms with van der Waals surface area (Å²) in [6.45, 7) is 12.6. The van der Waals surface area contributed by atoms with E-state index in [2.05, 4.69) is 23.8 Å². The van der Waals surface area contributed by atoms with E-state index < -0.39 is 5.41 Å². The maximum absolute atomic E-state index is 13.2. The molecule has 4 rings (SSSR count). The lowest BCUT2D eigenvalue weighted by atomic mass is 9.90. The maximum atomic E-state index is 13.2. The Kier molecular flexibility index (Phi) is 5.05. The van der Waals surface area contributed by atoms with Crippen molar-refractivity contribution in [2.75, 3.05) is 13.1 Å². The molecule has 1 fully saturated rings. The monoisotopic (exact) mass is 399 g/mol. The van der Waals surface area contributed by atoms with Crippen LogP contribution in [-0.4, -0.2) is 49.4 Å². The lowest BCUT2D eigenvalue weighted by molar-refractivity contribution is -0.143. The van der Waals surface area contributed by atoms with E-state index in [9.17, 15) is 9.59 Å². The first kappa shape index (κ1) is 20.1. The van der Waals surface area contributed by atoms with Gasteiger partial charge < -0.3 is 4.90 Å². The van der Waals surface area contributed by atoms with E-state index in [-0.39, 0.29) is 17.5 Å². The Hall–Kier alpha value is -2.15. The van der Waals surface area contributed by atoms with Crippen LogP contribution in [0.5, 0.6) is 0 Å². The number of amides is 1. The number of carbonyl (C=O) groups excluding carboxylic acids is 1. The molecule has 0 aliphatic carbocycles. The fourth-order valence-corrected chi connectivity index (χ4v) is 4.56. The Labute approximate surface area is 172 Å². The van der Waals surface area contributed by atoms with Gasteiger partial charge in [0.2, 0.25) is 5.91 Å². The molecule has 0 spiro atoms. The van der Waals surface area contributed by atoms with Gasteiger partial charge in [0.15, 0.2) is 5.65 Å². The Morgan fingerprint density at radius 3 is 2.69 bits per heavy atom. The zero-order valence-electron chi connectivity index (χ0n) is 18.3. The Morgan fingerprint density at radius 2 is 2.00 bits per heavy atom. The molecule has 2 aromatic rings. The molecule has 158 valence electrons. The number of aromatic amines is 1. The predicted molar refractivity (Wildman–Crippen MR) is 113 cm³/mol. The molecule has 1 atom stereocenters. The highest BCUT2D eigenvalue weighted by molar-refractivity contribution is 5.82. The molecule has 1 amide bonds. The minimum Gasteiger partial charge on any atom is -0.334 e. The fourth-order valence-electron chi connectivity index (χ4n) is 4.56. The molecular formula is C22H33N5O2. The molecule has 2 aliphatic heterocycles. The van der Waals surface area contributed by atoms with Crippen molar-refractivity contribution in [2.45, 2.75) is 78.9 Å². The van der Waals surface area contributed by atoms with Gasteiger partial charge in [0.1, 0.15) is 0 Å². The van der Waals surface area contributed by atoms with Gasteiger partial charge in [-0.3, -0.25) is 19.6 Å². The summed E-state index contributed by atoms with van der Waals surface area (Å²) in [5, 5.41) is 3.29. The van der Waals surface area contributed by atoms with Crippen molar-refractivity contribution >= 4 is 11.6 Å². The van der Waals surface area contributed by atoms with Gasteiger partial charge in [-0.05, 0) is 33.1 Å². The van der Waals surface area contributed by atoms with Gasteiger partial charge in [0.25, 0.3) is 5.56 Å². The number of likely N-dealkylation sites (tertiary alicyclic amines) is 1. The molecule has 1 N–H and O–H groups in total. The Bertz CT molecular complexity index is 981. The molecular weight excluding hydrogens is 366 g/mol. The second kappa shape index (κ2) is 7.27. The number of hydrogen-bond donors (Lipinski definition) is 1. The molecule has 7 heteroatoms. The van der Waals surface area contributed by atoms with E-state index in [0.717, 1.165) is 55.7 Å². The molecule has 0 aromatic carbocycles. The summed E-state index contributed by atoms with van der Waals surface area (Å²) in [7, 11) is 0. The van der Waals surface area contributed by atoms with Crippen LogP contribution in [0.25, 0.3) is 5.65 Å². The number of H-pyrrole nitrogens is 1. The first-order valence-electron chi connectivity index (χ1n) is 10.9.